The summed E-state index contributed by atoms with van der Waals surface area (Å²) >= 11 is 3.38. The summed E-state index contributed by atoms with van der Waals surface area (Å²) in [7, 11) is -3.81. The van der Waals surface area contributed by atoms with Crippen molar-refractivity contribution in [2.75, 3.05) is 23.7 Å². The zero-order valence-corrected chi connectivity index (χ0v) is 11.6. The summed E-state index contributed by atoms with van der Waals surface area (Å²) in [4.78, 5) is 2.20. The van der Waals surface area contributed by atoms with Gasteiger partial charge in [0.2, 0.25) is 0 Å². The van der Waals surface area contributed by atoms with Crippen LogP contribution in [0.3, 0.4) is 0 Å². The van der Waals surface area contributed by atoms with Crippen LogP contribution in [0.5, 0.6) is 0 Å². The minimum Gasteiger partial charge on any atom is -0.371 e. The van der Waals surface area contributed by atoms with Gasteiger partial charge in [-0.05, 0) is 36.6 Å². The first-order valence-corrected chi connectivity index (χ1v) is 7.80. The average molecular weight is 320 g/mol. The molecule has 2 rings (SSSR count). The van der Waals surface area contributed by atoms with E-state index in [0.29, 0.717) is 12.3 Å². The monoisotopic (exact) mass is 319 g/mol. The molecule has 0 aliphatic carbocycles. The van der Waals surface area contributed by atoms with E-state index in [9.17, 15) is 8.42 Å². The van der Waals surface area contributed by atoms with Crippen molar-refractivity contribution >= 4 is 31.7 Å². The quantitative estimate of drug-likeness (QED) is 0.864. The van der Waals surface area contributed by atoms with E-state index in [2.05, 4.69) is 20.8 Å². The van der Waals surface area contributed by atoms with Gasteiger partial charge in [0.1, 0.15) is 0 Å². The molecule has 0 saturated carbocycles. The van der Waals surface area contributed by atoms with E-state index in [1.807, 2.05) is 24.3 Å². The van der Waals surface area contributed by atoms with Gasteiger partial charge < -0.3 is 4.90 Å². The van der Waals surface area contributed by atoms with Gasteiger partial charge in [0.25, 0.3) is 10.1 Å². The molecule has 0 amide bonds. The standard InChI is InChI=1S/C11H14BrNO3S/c12-10-1-3-11(4-2-10)13-7-9(8-13)5-6-17(14,15)16/h1-4,9H,5-8H2,(H,14,15,16). The van der Waals surface area contributed by atoms with Crippen molar-refractivity contribution in [1.29, 1.82) is 0 Å². The highest BCUT2D eigenvalue weighted by Gasteiger charge is 2.27. The number of benzene rings is 1. The molecule has 1 N–H and O–H groups in total. The molecular formula is C11H14BrNO3S. The number of rotatable bonds is 4. The number of anilines is 1. The van der Waals surface area contributed by atoms with Crippen LogP contribution in [0.15, 0.2) is 28.7 Å². The summed E-state index contributed by atoms with van der Waals surface area (Å²) in [6, 6.07) is 8.04. The Kier molecular flexibility index (Phi) is 3.75. The molecule has 1 aromatic carbocycles. The topological polar surface area (TPSA) is 57.6 Å². The Bertz CT molecular complexity index is 480. The third kappa shape index (κ3) is 3.69. The SMILES string of the molecule is O=S(=O)(O)CCC1CN(c2ccc(Br)cc2)C1. The normalized spacial score (nSPS) is 16.9. The molecule has 0 atom stereocenters. The Hall–Kier alpha value is -0.590. The molecule has 0 spiro atoms. The molecule has 0 aromatic heterocycles. The Morgan fingerprint density at radius 2 is 1.88 bits per heavy atom. The maximum Gasteiger partial charge on any atom is 0.264 e. The Labute approximate surface area is 110 Å². The van der Waals surface area contributed by atoms with Gasteiger partial charge in [0.05, 0.1) is 5.75 Å². The zero-order valence-electron chi connectivity index (χ0n) is 9.21. The molecule has 0 bridgehead atoms. The number of hydrogen-bond acceptors (Lipinski definition) is 3. The van der Waals surface area contributed by atoms with Crippen LogP contribution in [-0.2, 0) is 10.1 Å². The van der Waals surface area contributed by atoms with Crippen molar-refractivity contribution in [3.8, 4) is 0 Å². The lowest BCUT2D eigenvalue weighted by Crippen LogP contribution is -2.47. The molecule has 1 aliphatic rings. The molecular weight excluding hydrogens is 306 g/mol. The lowest BCUT2D eigenvalue weighted by Gasteiger charge is -2.41. The van der Waals surface area contributed by atoms with Crippen LogP contribution in [-0.4, -0.2) is 31.8 Å². The van der Waals surface area contributed by atoms with Crippen LogP contribution in [0.25, 0.3) is 0 Å². The third-order valence-corrected chi connectivity index (χ3v) is 4.21. The lowest BCUT2D eigenvalue weighted by molar-refractivity contribution is 0.391. The van der Waals surface area contributed by atoms with E-state index < -0.39 is 10.1 Å². The van der Waals surface area contributed by atoms with Crippen molar-refractivity contribution < 1.29 is 13.0 Å². The van der Waals surface area contributed by atoms with Gasteiger partial charge in [-0.1, -0.05) is 15.9 Å². The smallest absolute Gasteiger partial charge is 0.264 e. The van der Waals surface area contributed by atoms with Crippen molar-refractivity contribution in [2.45, 2.75) is 6.42 Å². The molecule has 17 heavy (non-hydrogen) atoms. The maximum atomic E-state index is 10.6. The first-order valence-electron chi connectivity index (χ1n) is 5.40. The van der Waals surface area contributed by atoms with Crippen LogP contribution < -0.4 is 4.90 Å². The van der Waals surface area contributed by atoms with Crippen molar-refractivity contribution in [1.82, 2.24) is 0 Å². The highest BCUT2D eigenvalue weighted by atomic mass is 79.9. The van der Waals surface area contributed by atoms with Crippen molar-refractivity contribution in [3.63, 3.8) is 0 Å². The Morgan fingerprint density at radius 1 is 1.29 bits per heavy atom. The van der Waals surface area contributed by atoms with Gasteiger partial charge in [-0.15, -0.1) is 0 Å². The average Bonchev–Trinajstić information content (AvgIpc) is 2.16. The van der Waals surface area contributed by atoms with Gasteiger partial charge in [-0.3, -0.25) is 4.55 Å². The van der Waals surface area contributed by atoms with Gasteiger partial charge in [-0.2, -0.15) is 8.42 Å². The van der Waals surface area contributed by atoms with Crippen molar-refractivity contribution in [2.24, 2.45) is 5.92 Å². The van der Waals surface area contributed by atoms with Gasteiger partial charge in [-0.25, -0.2) is 0 Å². The molecule has 0 unspecified atom stereocenters. The first kappa shape index (κ1) is 12.9. The van der Waals surface area contributed by atoms with Crippen LogP contribution in [0.2, 0.25) is 0 Å². The fourth-order valence-electron chi connectivity index (χ4n) is 1.93. The number of nitrogens with zero attached hydrogens (tertiary/aromatic N) is 1. The summed E-state index contributed by atoms with van der Waals surface area (Å²) in [5.41, 5.74) is 1.15. The molecule has 1 aliphatic heterocycles. The van der Waals surface area contributed by atoms with Crippen LogP contribution in [0.1, 0.15) is 6.42 Å². The Balaban J connectivity index is 1.81. The fourth-order valence-corrected chi connectivity index (χ4v) is 2.83. The van der Waals surface area contributed by atoms with E-state index in [1.54, 1.807) is 0 Å². The molecule has 4 nitrogen and oxygen atoms in total. The van der Waals surface area contributed by atoms with Crippen LogP contribution in [0.4, 0.5) is 5.69 Å². The van der Waals surface area contributed by atoms with Gasteiger partial charge in [0.15, 0.2) is 0 Å². The van der Waals surface area contributed by atoms with Crippen LogP contribution in [0, 0.1) is 5.92 Å². The lowest BCUT2D eigenvalue weighted by atomic mass is 9.96. The molecule has 1 heterocycles. The second-order valence-electron chi connectivity index (χ2n) is 4.32. The van der Waals surface area contributed by atoms with Crippen LogP contribution >= 0.6 is 15.9 Å². The minimum absolute atomic E-state index is 0.133. The van der Waals surface area contributed by atoms with Gasteiger partial charge >= 0.3 is 0 Å². The fraction of sp³-hybridized carbons (Fsp3) is 0.455. The molecule has 1 saturated heterocycles. The van der Waals surface area contributed by atoms with E-state index >= 15 is 0 Å². The first-order chi connectivity index (χ1) is 7.94. The molecule has 0 radical (unpaired) electrons. The van der Waals surface area contributed by atoms with Crippen molar-refractivity contribution in [3.05, 3.63) is 28.7 Å². The third-order valence-electron chi connectivity index (χ3n) is 2.93. The summed E-state index contributed by atoms with van der Waals surface area (Å²) in [5.74, 6) is 0.229. The molecule has 1 aromatic rings. The molecule has 6 heteroatoms. The number of halogens is 1. The zero-order chi connectivity index (χ0) is 12.5. The summed E-state index contributed by atoms with van der Waals surface area (Å²) in [6.45, 7) is 1.72. The predicted octanol–water partition coefficient (Wildman–Crippen LogP) is 2.16. The highest BCUT2D eigenvalue weighted by Crippen LogP contribution is 2.27. The van der Waals surface area contributed by atoms with E-state index in [0.717, 1.165) is 23.2 Å². The molecule has 1 fully saturated rings. The predicted molar refractivity (Wildman–Crippen MR) is 70.9 cm³/mol. The van der Waals surface area contributed by atoms with E-state index in [1.165, 1.54) is 0 Å². The number of hydrogen-bond donors (Lipinski definition) is 1. The second-order valence-corrected chi connectivity index (χ2v) is 6.81. The maximum absolute atomic E-state index is 10.6. The van der Waals surface area contributed by atoms with E-state index in [4.69, 9.17) is 4.55 Å². The summed E-state index contributed by atoms with van der Waals surface area (Å²) < 4.78 is 30.9. The largest absolute Gasteiger partial charge is 0.371 e. The molecule has 94 valence electrons. The Morgan fingerprint density at radius 3 is 2.41 bits per heavy atom. The highest BCUT2D eigenvalue weighted by molar-refractivity contribution is 9.10. The van der Waals surface area contributed by atoms with Gasteiger partial charge in [0, 0.05) is 23.2 Å². The summed E-state index contributed by atoms with van der Waals surface area (Å²) in [5, 5.41) is 0. The minimum atomic E-state index is -3.81. The summed E-state index contributed by atoms with van der Waals surface area (Å²) in [6.07, 6.45) is 0.534. The second kappa shape index (κ2) is 4.96. The van der Waals surface area contributed by atoms with E-state index in [-0.39, 0.29) is 5.75 Å².